The van der Waals surface area contributed by atoms with E-state index in [2.05, 4.69) is 22.8 Å². The SMILES string of the molecule is CC(C)(C(=O)NCCCc1ccccc1)C(=O)NCc1ccc2c(c1)OCO2. The van der Waals surface area contributed by atoms with Crippen molar-refractivity contribution >= 4 is 11.8 Å². The van der Waals surface area contributed by atoms with Gasteiger partial charge < -0.3 is 20.1 Å². The molecule has 0 aromatic heterocycles. The van der Waals surface area contributed by atoms with Crippen molar-refractivity contribution in [3.05, 3.63) is 59.7 Å². The predicted molar refractivity (Wildman–Crippen MR) is 106 cm³/mol. The Bertz CT molecular complexity index is 834. The molecule has 0 atom stereocenters. The van der Waals surface area contributed by atoms with Crippen molar-refractivity contribution in [1.29, 1.82) is 0 Å². The summed E-state index contributed by atoms with van der Waals surface area (Å²) in [5, 5.41) is 5.70. The molecule has 148 valence electrons. The monoisotopic (exact) mass is 382 g/mol. The molecule has 0 fully saturated rings. The summed E-state index contributed by atoms with van der Waals surface area (Å²) in [5.74, 6) is 0.780. The van der Waals surface area contributed by atoms with Crippen LogP contribution in [0.3, 0.4) is 0 Å². The second kappa shape index (κ2) is 8.78. The highest BCUT2D eigenvalue weighted by molar-refractivity contribution is 6.04. The summed E-state index contributed by atoms with van der Waals surface area (Å²) in [6.07, 6.45) is 1.71. The van der Waals surface area contributed by atoms with Crippen LogP contribution in [0.4, 0.5) is 0 Å². The van der Waals surface area contributed by atoms with Gasteiger partial charge in [0.05, 0.1) is 0 Å². The molecular formula is C22H26N2O4. The molecular weight excluding hydrogens is 356 g/mol. The van der Waals surface area contributed by atoms with Crippen molar-refractivity contribution in [3.8, 4) is 11.5 Å². The summed E-state index contributed by atoms with van der Waals surface area (Å²) in [6, 6.07) is 15.6. The van der Waals surface area contributed by atoms with Crippen LogP contribution in [0.5, 0.6) is 11.5 Å². The average Bonchev–Trinajstić information content (AvgIpc) is 3.17. The van der Waals surface area contributed by atoms with E-state index in [-0.39, 0.29) is 18.6 Å². The molecule has 0 bridgehead atoms. The number of amides is 2. The summed E-state index contributed by atoms with van der Waals surface area (Å²) in [5.41, 5.74) is 0.970. The number of fused-ring (bicyclic) bond motifs is 1. The first-order valence-corrected chi connectivity index (χ1v) is 9.46. The van der Waals surface area contributed by atoms with Gasteiger partial charge in [-0.25, -0.2) is 0 Å². The Kier molecular flexibility index (Phi) is 6.19. The van der Waals surface area contributed by atoms with Gasteiger partial charge in [-0.3, -0.25) is 9.59 Å². The van der Waals surface area contributed by atoms with E-state index in [4.69, 9.17) is 9.47 Å². The lowest BCUT2D eigenvalue weighted by Crippen LogP contribution is -2.47. The summed E-state index contributed by atoms with van der Waals surface area (Å²) in [6.45, 7) is 4.33. The molecule has 0 spiro atoms. The molecule has 1 aliphatic rings. The van der Waals surface area contributed by atoms with Crippen LogP contribution in [0.2, 0.25) is 0 Å². The third-order valence-electron chi connectivity index (χ3n) is 4.80. The first kappa shape index (κ1) is 19.7. The molecule has 1 aliphatic heterocycles. The highest BCUT2D eigenvalue weighted by Crippen LogP contribution is 2.32. The number of rotatable bonds is 8. The van der Waals surface area contributed by atoms with Gasteiger partial charge in [0.25, 0.3) is 0 Å². The Morgan fingerprint density at radius 3 is 2.43 bits per heavy atom. The Balaban J connectivity index is 1.44. The van der Waals surface area contributed by atoms with E-state index in [0.29, 0.717) is 24.6 Å². The van der Waals surface area contributed by atoms with Gasteiger partial charge >= 0.3 is 0 Å². The van der Waals surface area contributed by atoms with E-state index in [1.54, 1.807) is 13.8 Å². The van der Waals surface area contributed by atoms with E-state index in [1.807, 2.05) is 36.4 Å². The maximum atomic E-state index is 12.5. The van der Waals surface area contributed by atoms with Crippen LogP contribution in [0.15, 0.2) is 48.5 Å². The number of aryl methyl sites for hydroxylation is 1. The minimum atomic E-state index is -1.15. The lowest BCUT2D eigenvalue weighted by molar-refractivity contribution is -0.141. The van der Waals surface area contributed by atoms with Crippen LogP contribution in [0.25, 0.3) is 0 Å². The predicted octanol–water partition coefficient (Wildman–Crippen LogP) is 2.81. The minimum absolute atomic E-state index is 0.211. The lowest BCUT2D eigenvalue weighted by atomic mass is 9.91. The van der Waals surface area contributed by atoms with Gasteiger partial charge in [0.1, 0.15) is 5.41 Å². The zero-order chi connectivity index (χ0) is 20.0. The third-order valence-corrected chi connectivity index (χ3v) is 4.80. The molecule has 0 aliphatic carbocycles. The van der Waals surface area contributed by atoms with Gasteiger partial charge in [0.2, 0.25) is 18.6 Å². The lowest BCUT2D eigenvalue weighted by Gasteiger charge is -2.22. The third kappa shape index (κ3) is 4.82. The molecule has 3 rings (SSSR count). The molecule has 6 nitrogen and oxygen atoms in total. The van der Waals surface area contributed by atoms with Gasteiger partial charge in [-0.1, -0.05) is 36.4 Å². The van der Waals surface area contributed by atoms with E-state index in [1.165, 1.54) is 5.56 Å². The average molecular weight is 382 g/mol. The van der Waals surface area contributed by atoms with Crippen molar-refractivity contribution in [3.63, 3.8) is 0 Å². The van der Waals surface area contributed by atoms with Gasteiger partial charge in [-0.05, 0) is 49.9 Å². The number of hydrogen-bond acceptors (Lipinski definition) is 4. The van der Waals surface area contributed by atoms with Crippen LogP contribution in [-0.2, 0) is 22.6 Å². The van der Waals surface area contributed by atoms with E-state index >= 15 is 0 Å². The second-order valence-corrected chi connectivity index (χ2v) is 7.34. The summed E-state index contributed by atoms with van der Waals surface area (Å²) < 4.78 is 10.6. The van der Waals surface area contributed by atoms with Crippen LogP contribution in [0.1, 0.15) is 31.4 Å². The van der Waals surface area contributed by atoms with E-state index in [0.717, 1.165) is 18.4 Å². The van der Waals surface area contributed by atoms with Crippen molar-refractivity contribution in [2.24, 2.45) is 5.41 Å². The summed E-state index contributed by atoms with van der Waals surface area (Å²) >= 11 is 0. The largest absolute Gasteiger partial charge is 0.454 e. The number of benzene rings is 2. The van der Waals surface area contributed by atoms with Crippen LogP contribution in [-0.4, -0.2) is 25.2 Å². The maximum Gasteiger partial charge on any atom is 0.235 e. The topological polar surface area (TPSA) is 76.7 Å². The van der Waals surface area contributed by atoms with E-state index in [9.17, 15) is 9.59 Å². The maximum absolute atomic E-state index is 12.5. The van der Waals surface area contributed by atoms with Crippen molar-refractivity contribution < 1.29 is 19.1 Å². The quantitative estimate of drug-likeness (QED) is 0.544. The smallest absolute Gasteiger partial charge is 0.235 e. The fourth-order valence-corrected chi connectivity index (χ4v) is 2.92. The second-order valence-electron chi connectivity index (χ2n) is 7.34. The Labute approximate surface area is 165 Å². The van der Waals surface area contributed by atoms with Crippen LogP contribution < -0.4 is 20.1 Å². The molecule has 2 aromatic carbocycles. The fourth-order valence-electron chi connectivity index (χ4n) is 2.92. The van der Waals surface area contributed by atoms with Gasteiger partial charge in [-0.15, -0.1) is 0 Å². The van der Waals surface area contributed by atoms with Gasteiger partial charge in [0.15, 0.2) is 11.5 Å². The fraction of sp³-hybridized carbons (Fsp3) is 0.364. The van der Waals surface area contributed by atoms with Crippen LogP contribution in [0, 0.1) is 5.41 Å². The molecule has 0 unspecified atom stereocenters. The molecule has 28 heavy (non-hydrogen) atoms. The summed E-state index contributed by atoms with van der Waals surface area (Å²) in [7, 11) is 0. The van der Waals surface area contributed by atoms with E-state index < -0.39 is 5.41 Å². The zero-order valence-corrected chi connectivity index (χ0v) is 16.3. The van der Waals surface area contributed by atoms with Crippen molar-refractivity contribution in [2.75, 3.05) is 13.3 Å². The summed E-state index contributed by atoms with van der Waals surface area (Å²) in [4.78, 5) is 25.0. The zero-order valence-electron chi connectivity index (χ0n) is 16.3. The molecule has 0 radical (unpaired) electrons. The molecule has 2 amide bonds. The Morgan fingerprint density at radius 2 is 1.64 bits per heavy atom. The Hall–Kier alpha value is -3.02. The molecule has 0 saturated carbocycles. The molecule has 2 N–H and O–H groups in total. The van der Waals surface area contributed by atoms with Crippen molar-refractivity contribution in [1.82, 2.24) is 10.6 Å². The highest BCUT2D eigenvalue weighted by atomic mass is 16.7. The minimum Gasteiger partial charge on any atom is -0.454 e. The number of nitrogens with one attached hydrogen (secondary N) is 2. The molecule has 2 aromatic rings. The number of carbonyl (C=O) groups is 2. The Morgan fingerprint density at radius 1 is 0.929 bits per heavy atom. The number of carbonyl (C=O) groups excluding carboxylic acids is 2. The number of hydrogen-bond donors (Lipinski definition) is 2. The van der Waals surface area contributed by atoms with Crippen LogP contribution >= 0.6 is 0 Å². The van der Waals surface area contributed by atoms with Gasteiger partial charge in [-0.2, -0.15) is 0 Å². The molecule has 1 heterocycles. The molecule has 0 saturated heterocycles. The first-order chi connectivity index (χ1) is 13.5. The van der Waals surface area contributed by atoms with Gasteiger partial charge in [0, 0.05) is 13.1 Å². The number of ether oxygens (including phenoxy) is 2. The standard InChI is InChI=1S/C22H26N2O4/c1-22(2,20(25)23-12-6-9-16-7-4-3-5-8-16)21(26)24-14-17-10-11-18-19(13-17)28-15-27-18/h3-5,7-8,10-11,13H,6,9,12,14-15H2,1-2H3,(H,23,25)(H,24,26). The normalized spacial score (nSPS) is 12.5. The highest BCUT2D eigenvalue weighted by Gasteiger charge is 2.35. The van der Waals surface area contributed by atoms with Crippen molar-refractivity contribution in [2.45, 2.75) is 33.2 Å². The molecule has 6 heteroatoms. The first-order valence-electron chi connectivity index (χ1n) is 9.46.